The van der Waals surface area contributed by atoms with Crippen LogP contribution in [0, 0.1) is 0 Å². The topological polar surface area (TPSA) is 28.1 Å². The van der Waals surface area contributed by atoms with Gasteiger partial charge in [-0.15, -0.1) is 0 Å². The molecule has 0 aromatic heterocycles. The first-order valence-corrected chi connectivity index (χ1v) is 10.7. The van der Waals surface area contributed by atoms with E-state index in [9.17, 15) is 0 Å². The number of piperidine rings is 1. The van der Waals surface area contributed by atoms with Crippen molar-refractivity contribution in [2.45, 2.75) is 44.4 Å². The van der Waals surface area contributed by atoms with E-state index in [0.29, 0.717) is 0 Å². The Morgan fingerprint density at radius 1 is 1.14 bits per heavy atom. The Hall–Kier alpha value is -2.04. The number of benzene rings is 2. The van der Waals surface area contributed by atoms with Gasteiger partial charge in [-0.25, -0.2) is 5.01 Å². The summed E-state index contributed by atoms with van der Waals surface area (Å²) < 4.78 is 6.67. The molecule has 146 valence electrons. The average molecular weight is 396 g/mol. The highest BCUT2D eigenvalue weighted by Crippen LogP contribution is 2.50. The van der Waals surface area contributed by atoms with Gasteiger partial charge in [0.15, 0.2) is 0 Å². The summed E-state index contributed by atoms with van der Waals surface area (Å²) in [7, 11) is 0. The SMILES string of the molecule is CCCN1CCC2(CC1)Oc1ccc(Cl)cc1C1CC(c3ccccc3)=NN12. The molecule has 0 N–H and O–H groups in total. The Kier molecular flexibility index (Phi) is 4.56. The molecule has 5 rings (SSSR count). The minimum absolute atomic E-state index is 0.190. The van der Waals surface area contributed by atoms with E-state index in [1.807, 2.05) is 12.1 Å². The van der Waals surface area contributed by atoms with Gasteiger partial charge in [0.25, 0.3) is 0 Å². The van der Waals surface area contributed by atoms with Crippen LogP contribution >= 0.6 is 11.6 Å². The van der Waals surface area contributed by atoms with Gasteiger partial charge in [0, 0.05) is 42.9 Å². The number of halogens is 1. The van der Waals surface area contributed by atoms with E-state index in [0.717, 1.165) is 60.9 Å². The van der Waals surface area contributed by atoms with E-state index in [4.69, 9.17) is 21.4 Å². The van der Waals surface area contributed by atoms with Crippen molar-refractivity contribution in [1.29, 1.82) is 0 Å². The number of hydrogen-bond donors (Lipinski definition) is 0. The fourth-order valence-electron chi connectivity index (χ4n) is 4.83. The normalized spacial score (nSPS) is 23.1. The Morgan fingerprint density at radius 2 is 1.93 bits per heavy atom. The average Bonchev–Trinajstić information content (AvgIpc) is 3.18. The molecule has 3 aliphatic rings. The third-order valence-corrected chi connectivity index (χ3v) is 6.48. The molecule has 1 atom stereocenters. The molecule has 3 heterocycles. The molecule has 0 radical (unpaired) electrons. The summed E-state index contributed by atoms with van der Waals surface area (Å²) in [6.45, 7) is 5.50. The summed E-state index contributed by atoms with van der Waals surface area (Å²) in [5.74, 6) is 0.971. The second-order valence-electron chi connectivity index (χ2n) is 8.05. The molecule has 3 aliphatic heterocycles. The lowest BCUT2D eigenvalue weighted by atomic mass is 9.90. The first-order chi connectivity index (χ1) is 13.7. The highest BCUT2D eigenvalue weighted by molar-refractivity contribution is 6.30. The molecule has 1 unspecified atom stereocenters. The maximum absolute atomic E-state index is 6.67. The lowest BCUT2D eigenvalue weighted by Crippen LogP contribution is -2.59. The molecule has 5 heteroatoms. The fraction of sp³-hybridized carbons (Fsp3) is 0.435. The monoisotopic (exact) mass is 395 g/mol. The highest BCUT2D eigenvalue weighted by Gasteiger charge is 2.51. The van der Waals surface area contributed by atoms with E-state index < -0.39 is 0 Å². The largest absolute Gasteiger partial charge is 0.466 e. The van der Waals surface area contributed by atoms with Crippen molar-refractivity contribution in [3.05, 3.63) is 64.7 Å². The predicted octanol–water partition coefficient (Wildman–Crippen LogP) is 5.09. The van der Waals surface area contributed by atoms with Gasteiger partial charge in [-0.1, -0.05) is 48.9 Å². The number of hydrogen-bond acceptors (Lipinski definition) is 4. The fourth-order valence-corrected chi connectivity index (χ4v) is 5.01. The molecule has 0 bridgehead atoms. The number of nitrogens with zero attached hydrogens (tertiary/aromatic N) is 3. The number of ether oxygens (including phenoxy) is 1. The zero-order chi connectivity index (χ0) is 19.1. The lowest BCUT2D eigenvalue weighted by molar-refractivity contribution is -0.149. The van der Waals surface area contributed by atoms with E-state index >= 15 is 0 Å². The molecule has 1 spiro atoms. The Morgan fingerprint density at radius 3 is 2.68 bits per heavy atom. The van der Waals surface area contributed by atoms with Crippen LogP contribution in [0.15, 0.2) is 53.6 Å². The zero-order valence-corrected chi connectivity index (χ0v) is 17.0. The Labute approximate surface area is 171 Å². The molecular weight excluding hydrogens is 370 g/mol. The van der Waals surface area contributed by atoms with Gasteiger partial charge >= 0.3 is 0 Å². The summed E-state index contributed by atoms with van der Waals surface area (Å²) in [5.41, 5.74) is 3.13. The van der Waals surface area contributed by atoms with Crippen LogP contribution in [-0.4, -0.2) is 41.0 Å². The van der Waals surface area contributed by atoms with Crippen LogP contribution in [0.25, 0.3) is 0 Å². The van der Waals surface area contributed by atoms with Crippen LogP contribution in [0.3, 0.4) is 0 Å². The number of likely N-dealkylation sites (tertiary alicyclic amines) is 1. The van der Waals surface area contributed by atoms with Gasteiger partial charge in [-0.3, -0.25) is 0 Å². The summed E-state index contributed by atoms with van der Waals surface area (Å²) in [6.07, 6.45) is 4.02. The third-order valence-electron chi connectivity index (χ3n) is 6.24. The van der Waals surface area contributed by atoms with Crippen LogP contribution in [-0.2, 0) is 0 Å². The van der Waals surface area contributed by atoms with Crippen molar-refractivity contribution in [1.82, 2.24) is 9.91 Å². The van der Waals surface area contributed by atoms with Crippen molar-refractivity contribution in [2.75, 3.05) is 19.6 Å². The molecule has 28 heavy (non-hydrogen) atoms. The number of rotatable bonds is 3. The van der Waals surface area contributed by atoms with Crippen LogP contribution in [0.2, 0.25) is 5.02 Å². The molecule has 0 amide bonds. The molecule has 2 aromatic rings. The van der Waals surface area contributed by atoms with Crippen molar-refractivity contribution < 1.29 is 4.74 Å². The summed E-state index contributed by atoms with van der Waals surface area (Å²) >= 11 is 6.33. The number of fused-ring (bicyclic) bond motifs is 4. The second-order valence-corrected chi connectivity index (χ2v) is 8.49. The standard InChI is InChI=1S/C23H26ClN3O/c1-2-12-26-13-10-23(11-14-26)27-21(19-15-18(24)8-9-22(19)28-23)16-20(25-27)17-6-4-3-5-7-17/h3-9,15,21H,2,10-14,16H2,1H3. The molecule has 0 saturated carbocycles. The lowest BCUT2D eigenvalue weighted by Gasteiger charge is -2.51. The Balaban J connectivity index is 1.53. The second kappa shape index (κ2) is 7.09. The van der Waals surface area contributed by atoms with Gasteiger partial charge in [0.05, 0.1) is 11.8 Å². The molecule has 0 aliphatic carbocycles. The van der Waals surface area contributed by atoms with E-state index in [1.165, 1.54) is 12.0 Å². The van der Waals surface area contributed by atoms with E-state index in [1.54, 1.807) is 0 Å². The van der Waals surface area contributed by atoms with Crippen LogP contribution in [0.5, 0.6) is 5.75 Å². The van der Waals surface area contributed by atoms with E-state index in [-0.39, 0.29) is 11.8 Å². The van der Waals surface area contributed by atoms with Crippen LogP contribution in [0.4, 0.5) is 0 Å². The van der Waals surface area contributed by atoms with Crippen molar-refractivity contribution in [2.24, 2.45) is 5.10 Å². The minimum Gasteiger partial charge on any atom is -0.466 e. The third kappa shape index (κ3) is 2.99. The molecule has 4 nitrogen and oxygen atoms in total. The smallest absolute Gasteiger partial charge is 0.200 e. The van der Waals surface area contributed by atoms with Crippen molar-refractivity contribution >= 4 is 17.3 Å². The van der Waals surface area contributed by atoms with Gasteiger partial charge in [0.2, 0.25) is 5.72 Å². The highest BCUT2D eigenvalue weighted by atomic mass is 35.5. The van der Waals surface area contributed by atoms with Gasteiger partial charge < -0.3 is 9.64 Å². The van der Waals surface area contributed by atoms with Crippen molar-refractivity contribution in [3.8, 4) is 5.75 Å². The van der Waals surface area contributed by atoms with Gasteiger partial charge in [-0.05, 0) is 36.7 Å². The van der Waals surface area contributed by atoms with Crippen molar-refractivity contribution in [3.63, 3.8) is 0 Å². The first-order valence-electron chi connectivity index (χ1n) is 10.3. The van der Waals surface area contributed by atoms with Gasteiger partial charge in [-0.2, -0.15) is 5.10 Å². The van der Waals surface area contributed by atoms with E-state index in [2.05, 4.69) is 53.2 Å². The van der Waals surface area contributed by atoms with Crippen LogP contribution < -0.4 is 4.74 Å². The molecule has 1 saturated heterocycles. The van der Waals surface area contributed by atoms with Crippen LogP contribution in [0.1, 0.15) is 49.8 Å². The quantitative estimate of drug-likeness (QED) is 0.724. The maximum Gasteiger partial charge on any atom is 0.200 e. The summed E-state index contributed by atoms with van der Waals surface area (Å²) in [4.78, 5) is 2.54. The molecular formula is C23H26ClN3O. The Bertz CT molecular complexity index is 890. The maximum atomic E-state index is 6.67. The first kappa shape index (κ1) is 18.0. The summed E-state index contributed by atoms with van der Waals surface area (Å²) in [6, 6.07) is 16.7. The van der Waals surface area contributed by atoms with Gasteiger partial charge in [0.1, 0.15) is 5.75 Å². The predicted molar refractivity (Wildman–Crippen MR) is 113 cm³/mol. The minimum atomic E-state index is -0.355. The molecule has 2 aromatic carbocycles. The zero-order valence-electron chi connectivity index (χ0n) is 16.3. The number of hydrazone groups is 1. The summed E-state index contributed by atoms with van der Waals surface area (Å²) in [5, 5.41) is 8.14. The molecule has 1 fully saturated rings.